The minimum Gasteiger partial charge on any atom is -0.240 e. The maximum Gasteiger partial charge on any atom is 0.0573 e. The highest BCUT2D eigenvalue weighted by molar-refractivity contribution is 5.60. The van der Waals surface area contributed by atoms with Crippen LogP contribution in [0.5, 0.6) is 0 Å². The molecule has 0 bridgehead atoms. The molecule has 0 aliphatic carbocycles. The van der Waals surface area contributed by atoms with Crippen LogP contribution in [0.2, 0.25) is 0 Å². The van der Waals surface area contributed by atoms with E-state index < -0.39 is 0 Å². The van der Waals surface area contributed by atoms with Gasteiger partial charge in [0.05, 0.1) is 6.54 Å². The molecule has 0 saturated carbocycles. The van der Waals surface area contributed by atoms with Gasteiger partial charge in [0.15, 0.2) is 0 Å². The van der Waals surface area contributed by atoms with E-state index in [1.54, 1.807) is 0 Å². The Bertz CT molecular complexity index is 315. The van der Waals surface area contributed by atoms with E-state index >= 15 is 0 Å². The molecule has 0 fully saturated rings. The third kappa shape index (κ3) is 9.08. The van der Waals surface area contributed by atoms with Crippen molar-refractivity contribution in [1.82, 2.24) is 10.5 Å². The molecule has 0 spiro atoms. The summed E-state index contributed by atoms with van der Waals surface area (Å²) >= 11 is 0. The lowest BCUT2D eigenvalue weighted by molar-refractivity contribution is 0.0444. The molecule has 0 unspecified atom stereocenters. The number of hydrogen-bond donors (Lipinski definition) is 1. The molecule has 0 radical (unpaired) electrons. The van der Waals surface area contributed by atoms with Crippen molar-refractivity contribution < 1.29 is 0 Å². The minimum atomic E-state index is 0.300. The van der Waals surface area contributed by atoms with Crippen molar-refractivity contribution in [3.8, 4) is 0 Å². The molecule has 3 nitrogen and oxygen atoms in total. The van der Waals surface area contributed by atoms with Crippen LogP contribution in [0, 0.1) is 0 Å². The smallest absolute Gasteiger partial charge is 0.0573 e. The Balaban J connectivity index is 1.95. The number of nitrogens with one attached hydrogen (secondary N) is 1. The molecule has 1 rings (SSSR count). The van der Waals surface area contributed by atoms with Crippen LogP contribution in [0.4, 0.5) is 0 Å². The van der Waals surface area contributed by atoms with Gasteiger partial charge in [-0.2, -0.15) is 10.1 Å². The number of nitrogens with zero attached hydrogens (tertiary/aromatic N) is 2. The number of hydrazine groups is 1. The van der Waals surface area contributed by atoms with Crippen LogP contribution in [-0.4, -0.2) is 23.3 Å². The Morgan fingerprint density at radius 2 is 1.24 bits per heavy atom. The Kier molecular flexibility index (Phi) is 13.1. The van der Waals surface area contributed by atoms with E-state index in [4.69, 9.17) is 0 Å². The molecule has 0 amide bonds. The molecule has 0 saturated heterocycles. The Morgan fingerprint density at radius 1 is 0.760 bits per heavy atom. The zero-order valence-corrected chi connectivity index (χ0v) is 17.5. The van der Waals surface area contributed by atoms with Gasteiger partial charge in [0.2, 0.25) is 0 Å². The molecule has 0 aromatic heterocycles. The van der Waals surface area contributed by atoms with Crippen molar-refractivity contribution in [2.45, 2.75) is 129 Å². The van der Waals surface area contributed by atoms with Gasteiger partial charge < -0.3 is 0 Å². The highest BCUT2D eigenvalue weighted by atomic mass is 15.7. The fraction of sp³-hybridized carbons (Fsp3) is 0.955. The van der Waals surface area contributed by atoms with Gasteiger partial charge in [0.25, 0.3) is 0 Å². The van der Waals surface area contributed by atoms with Crippen LogP contribution in [0.25, 0.3) is 0 Å². The van der Waals surface area contributed by atoms with Gasteiger partial charge in [-0.25, -0.2) is 5.53 Å². The van der Waals surface area contributed by atoms with Gasteiger partial charge in [-0.1, -0.05) is 104 Å². The van der Waals surface area contributed by atoms with Gasteiger partial charge in [-0.3, -0.25) is 0 Å². The van der Waals surface area contributed by atoms with E-state index in [9.17, 15) is 0 Å². The van der Waals surface area contributed by atoms with E-state index in [0.717, 1.165) is 6.54 Å². The maximum absolute atomic E-state index is 4.19. The zero-order valence-electron chi connectivity index (χ0n) is 17.5. The number of hydrogen-bond acceptors (Lipinski definition) is 3. The lowest BCUT2D eigenvalue weighted by atomic mass is 9.86. The molecule has 0 atom stereocenters. The summed E-state index contributed by atoms with van der Waals surface area (Å²) in [7, 11) is 0. The van der Waals surface area contributed by atoms with Gasteiger partial charge in [-0.05, 0) is 19.3 Å². The van der Waals surface area contributed by atoms with Crippen LogP contribution in [0.3, 0.4) is 0 Å². The highest BCUT2D eigenvalue weighted by Crippen LogP contribution is 2.29. The van der Waals surface area contributed by atoms with Crippen molar-refractivity contribution in [2.24, 2.45) is 5.10 Å². The molecule has 1 heterocycles. The van der Waals surface area contributed by atoms with Crippen LogP contribution in [0.1, 0.15) is 124 Å². The summed E-state index contributed by atoms with van der Waals surface area (Å²) in [5.74, 6) is 0. The molecule has 0 aromatic carbocycles. The largest absolute Gasteiger partial charge is 0.240 e. The first-order valence-electron chi connectivity index (χ1n) is 11.3. The van der Waals surface area contributed by atoms with Gasteiger partial charge in [0.1, 0.15) is 0 Å². The molecular weight excluding hydrogens is 306 g/mol. The second kappa shape index (κ2) is 14.6. The first-order chi connectivity index (χ1) is 12.3. The monoisotopic (exact) mass is 351 g/mol. The van der Waals surface area contributed by atoms with Crippen LogP contribution in [0.15, 0.2) is 5.10 Å². The lowest BCUT2D eigenvalue weighted by Crippen LogP contribution is -2.51. The first-order valence-corrected chi connectivity index (χ1v) is 11.3. The average molecular weight is 352 g/mol. The van der Waals surface area contributed by atoms with E-state index in [2.05, 4.69) is 36.4 Å². The maximum atomic E-state index is 4.19. The molecular formula is C22H45N3. The Morgan fingerprint density at radius 3 is 1.64 bits per heavy atom. The Hall–Kier alpha value is -0.570. The molecule has 1 N–H and O–H groups in total. The molecule has 1 aliphatic heterocycles. The predicted octanol–water partition coefficient (Wildman–Crippen LogP) is 6.83. The van der Waals surface area contributed by atoms with E-state index in [-0.39, 0.29) is 0 Å². The molecule has 1 aliphatic rings. The number of unbranched alkanes of at least 4 members (excludes halogenated alkanes) is 12. The third-order valence-corrected chi connectivity index (χ3v) is 6.17. The van der Waals surface area contributed by atoms with Crippen molar-refractivity contribution in [3.05, 3.63) is 0 Å². The lowest BCUT2D eigenvalue weighted by Gasteiger charge is -2.40. The number of hydrazone groups is 1. The summed E-state index contributed by atoms with van der Waals surface area (Å²) in [6, 6.07) is 0. The van der Waals surface area contributed by atoms with Gasteiger partial charge >= 0.3 is 0 Å². The normalized spacial score (nSPS) is 15.0. The van der Waals surface area contributed by atoms with E-state index in [1.807, 2.05) is 6.21 Å². The minimum absolute atomic E-state index is 0.300. The average Bonchev–Trinajstić information content (AvgIpc) is 3.18. The third-order valence-electron chi connectivity index (χ3n) is 6.17. The summed E-state index contributed by atoms with van der Waals surface area (Å²) in [5.41, 5.74) is 3.50. The van der Waals surface area contributed by atoms with Crippen molar-refractivity contribution in [3.63, 3.8) is 0 Å². The number of rotatable bonds is 17. The molecule has 0 aromatic rings. The fourth-order valence-corrected chi connectivity index (χ4v) is 4.17. The summed E-state index contributed by atoms with van der Waals surface area (Å²) in [5, 5.41) is 6.55. The predicted molar refractivity (Wildman–Crippen MR) is 112 cm³/mol. The van der Waals surface area contributed by atoms with E-state index in [0.29, 0.717) is 5.54 Å². The molecule has 3 heteroatoms. The van der Waals surface area contributed by atoms with Crippen molar-refractivity contribution >= 4 is 6.21 Å². The highest BCUT2D eigenvalue weighted by Gasteiger charge is 2.33. The summed E-state index contributed by atoms with van der Waals surface area (Å²) < 4.78 is 0. The molecule has 25 heavy (non-hydrogen) atoms. The second-order valence-corrected chi connectivity index (χ2v) is 7.95. The topological polar surface area (TPSA) is 27.6 Å². The SMILES string of the molecule is CCCCCCCCCCCCCCCC(CC)(CC)N1CC=NN1. The Labute approximate surface area is 158 Å². The van der Waals surface area contributed by atoms with Gasteiger partial charge in [-0.15, -0.1) is 0 Å². The quantitative estimate of drug-likeness (QED) is 0.291. The van der Waals surface area contributed by atoms with Crippen LogP contribution < -0.4 is 5.53 Å². The molecule has 148 valence electrons. The van der Waals surface area contributed by atoms with Crippen molar-refractivity contribution in [2.75, 3.05) is 6.54 Å². The fourth-order valence-electron chi connectivity index (χ4n) is 4.17. The zero-order chi connectivity index (χ0) is 18.2. The first kappa shape index (κ1) is 22.5. The standard InChI is InChI=1S/C22H45N3/c1-4-7-8-9-10-11-12-13-14-15-16-17-18-19-22(5-2,6-3)25-21-20-23-24-25/h20,24H,4-19,21H2,1-3H3. The van der Waals surface area contributed by atoms with Crippen molar-refractivity contribution in [1.29, 1.82) is 0 Å². The van der Waals surface area contributed by atoms with Crippen LogP contribution >= 0.6 is 0 Å². The van der Waals surface area contributed by atoms with Gasteiger partial charge in [0, 0.05) is 11.8 Å². The summed E-state index contributed by atoms with van der Waals surface area (Å²) in [6.07, 6.45) is 24.3. The van der Waals surface area contributed by atoms with E-state index in [1.165, 1.54) is 103 Å². The second-order valence-electron chi connectivity index (χ2n) is 7.95. The summed E-state index contributed by atoms with van der Waals surface area (Å²) in [4.78, 5) is 0. The van der Waals surface area contributed by atoms with Crippen LogP contribution in [-0.2, 0) is 0 Å². The summed E-state index contributed by atoms with van der Waals surface area (Å²) in [6.45, 7) is 7.90.